The molecule has 1 atom stereocenters. The standard InChI is InChI=1S/C24H30ClN3O5S/c1-24(2,3)33-23(30)19-13-27-21(14-26-19)28-22(29)17(11-15-7-5-6-8-15)16-9-10-20(18(25)12-16)34(4,31)32/h9-10,12-15,17H,5-8,11H2,1-4H3,(H,27,28,29). The van der Waals surface area contributed by atoms with Crippen LogP contribution in [-0.4, -0.2) is 42.1 Å². The number of nitrogens with zero attached hydrogens (tertiary/aromatic N) is 2. The Balaban J connectivity index is 1.81. The number of esters is 1. The van der Waals surface area contributed by atoms with Gasteiger partial charge in [-0.3, -0.25) is 4.79 Å². The van der Waals surface area contributed by atoms with Crippen LogP contribution in [0.3, 0.4) is 0 Å². The van der Waals surface area contributed by atoms with Gasteiger partial charge in [-0.15, -0.1) is 0 Å². The number of aromatic nitrogens is 2. The lowest BCUT2D eigenvalue weighted by molar-refractivity contribution is -0.118. The number of hydrogen-bond donors (Lipinski definition) is 1. The molecule has 1 saturated carbocycles. The first-order valence-corrected chi connectivity index (χ1v) is 13.5. The van der Waals surface area contributed by atoms with E-state index in [-0.39, 0.29) is 27.3 Å². The molecule has 1 fully saturated rings. The van der Waals surface area contributed by atoms with Gasteiger partial charge in [0.1, 0.15) is 5.60 Å². The summed E-state index contributed by atoms with van der Waals surface area (Å²) in [5, 5.41) is 2.86. The van der Waals surface area contributed by atoms with Gasteiger partial charge in [0.15, 0.2) is 21.3 Å². The SMILES string of the molecule is CC(C)(C)OC(=O)c1cnc(NC(=O)C(CC2CCCC2)c2ccc(S(C)(=O)=O)c(Cl)c2)cn1. The monoisotopic (exact) mass is 507 g/mol. The van der Waals surface area contributed by atoms with Crippen molar-refractivity contribution in [3.63, 3.8) is 0 Å². The molecule has 34 heavy (non-hydrogen) atoms. The number of carbonyl (C=O) groups is 2. The number of carbonyl (C=O) groups excluding carboxylic acids is 2. The summed E-state index contributed by atoms with van der Waals surface area (Å²) in [7, 11) is -3.48. The maximum atomic E-state index is 13.3. The van der Waals surface area contributed by atoms with Gasteiger partial charge in [-0.25, -0.2) is 23.2 Å². The van der Waals surface area contributed by atoms with Crippen molar-refractivity contribution in [3.8, 4) is 0 Å². The largest absolute Gasteiger partial charge is 0.455 e. The minimum atomic E-state index is -3.48. The minimum absolute atomic E-state index is 0.0292. The lowest BCUT2D eigenvalue weighted by Crippen LogP contribution is -2.25. The summed E-state index contributed by atoms with van der Waals surface area (Å²) in [6.45, 7) is 5.27. The molecule has 184 valence electrons. The van der Waals surface area contributed by atoms with Crippen LogP contribution in [0.4, 0.5) is 5.82 Å². The van der Waals surface area contributed by atoms with Gasteiger partial charge in [-0.1, -0.05) is 43.4 Å². The highest BCUT2D eigenvalue weighted by atomic mass is 35.5. The Morgan fingerprint density at radius 3 is 2.38 bits per heavy atom. The lowest BCUT2D eigenvalue weighted by Gasteiger charge is -2.21. The Kier molecular flexibility index (Phi) is 7.98. The quantitative estimate of drug-likeness (QED) is 0.535. The zero-order valence-electron chi connectivity index (χ0n) is 19.8. The number of hydrogen-bond acceptors (Lipinski definition) is 7. The van der Waals surface area contributed by atoms with Crippen molar-refractivity contribution in [1.29, 1.82) is 0 Å². The second kappa shape index (κ2) is 10.4. The Morgan fingerprint density at radius 1 is 1.18 bits per heavy atom. The van der Waals surface area contributed by atoms with Crippen molar-refractivity contribution in [1.82, 2.24) is 9.97 Å². The molecule has 1 aromatic heterocycles. The molecular formula is C24H30ClN3O5S. The third-order valence-electron chi connectivity index (χ3n) is 5.63. The Labute approximate surface area is 205 Å². The lowest BCUT2D eigenvalue weighted by atomic mass is 9.87. The Bertz CT molecular complexity index is 1150. The van der Waals surface area contributed by atoms with E-state index in [0.717, 1.165) is 31.9 Å². The van der Waals surface area contributed by atoms with Crippen LogP contribution >= 0.6 is 11.6 Å². The molecule has 10 heteroatoms. The van der Waals surface area contributed by atoms with Gasteiger partial charge in [-0.05, 0) is 50.8 Å². The molecule has 3 rings (SSSR count). The van der Waals surface area contributed by atoms with Gasteiger partial charge in [0.05, 0.1) is 28.2 Å². The van der Waals surface area contributed by atoms with E-state index in [1.807, 2.05) is 0 Å². The first-order chi connectivity index (χ1) is 15.8. The van der Waals surface area contributed by atoms with E-state index in [1.54, 1.807) is 32.9 Å². The first-order valence-electron chi connectivity index (χ1n) is 11.2. The fraction of sp³-hybridized carbons (Fsp3) is 0.500. The topological polar surface area (TPSA) is 115 Å². The summed E-state index contributed by atoms with van der Waals surface area (Å²) in [4.78, 5) is 33.6. The normalized spacial score (nSPS) is 15.7. The van der Waals surface area contributed by atoms with Crippen LogP contribution in [0.1, 0.15) is 74.8 Å². The molecule has 2 aromatic rings. The van der Waals surface area contributed by atoms with Crippen molar-refractivity contribution in [2.75, 3.05) is 11.6 Å². The number of ether oxygens (including phenoxy) is 1. The summed E-state index contributed by atoms with van der Waals surface area (Å²) in [5.41, 5.74) is 0.0197. The number of anilines is 1. The fourth-order valence-corrected chi connectivity index (χ4v) is 5.39. The van der Waals surface area contributed by atoms with E-state index >= 15 is 0 Å². The highest BCUT2D eigenvalue weighted by molar-refractivity contribution is 7.90. The minimum Gasteiger partial charge on any atom is -0.455 e. The summed E-state index contributed by atoms with van der Waals surface area (Å²) in [5.74, 6) is -0.842. The van der Waals surface area contributed by atoms with Crippen molar-refractivity contribution in [2.24, 2.45) is 5.92 Å². The van der Waals surface area contributed by atoms with Crippen molar-refractivity contribution in [2.45, 2.75) is 69.3 Å². The Morgan fingerprint density at radius 2 is 1.85 bits per heavy atom. The predicted octanol–water partition coefficient (Wildman–Crippen LogP) is 4.79. The second-order valence-electron chi connectivity index (χ2n) is 9.68. The van der Waals surface area contributed by atoms with E-state index < -0.39 is 27.3 Å². The van der Waals surface area contributed by atoms with Gasteiger partial charge in [0.2, 0.25) is 5.91 Å². The summed E-state index contributed by atoms with van der Waals surface area (Å²) in [6, 6.07) is 4.63. The predicted molar refractivity (Wildman–Crippen MR) is 130 cm³/mol. The summed E-state index contributed by atoms with van der Waals surface area (Å²) in [6.07, 6.45) is 8.62. The summed E-state index contributed by atoms with van der Waals surface area (Å²) >= 11 is 6.26. The molecule has 1 aliphatic carbocycles. The van der Waals surface area contributed by atoms with Gasteiger partial charge >= 0.3 is 5.97 Å². The zero-order valence-corrected chi connectivity index (χ0v) is 21.4. The van der Waals surface area contributed by atoms with Gasteiger partial charge in [0, 0.05) is 6.26 Å². The molecule has 0 saturated heterocycles. The number of halogens is 1. The Hall–Kier alpha value is -2.52. The third-order valence-corrected chi connectivity index (χ3v) is 7.21. The van der Waals surface area contributed by atoms with Crippen LogP contribution in [0.15, 0.2) is 35.5 Å². The number of sulfone groups is 1. The molecule has 8 nitrogen and oxygen atoms in total. The highest BCUT2D eigenvalue weighted by Crippen LogP contribution is 2.36. The average molecular weight is 508 g/mol. The van der Waals surface area contributed by atoms with Crippen LogP contribution in [0.2, 0.25) is 5.02 Å². The van der Waals surface area contributed by atoms with E-state index in [1.165, 1.54) is 18.5 Å². The maximum Gasteiger partial charge on any atom is 0.359 e. The average Bonchev–Trinajstić information content (AvgIpc) is 3.23. The van der Waals surface area contributed by atoms with Crippen LogP contribution in [0.5, 0.6) is 0 Å². The smallest absolute Gasteiger partial charge is 0.359 e. The van der Waals surface area contributed by atoms with Crippen molar-refractivity contribution in [3.05, 3.63) is 46.9 Å². The van der Waals surface area contributed by atoms with Gasteiger partial charge < -0.3 is 10.1 Å². The van der Waals surface area contributed by atoms with Gasteiger partial charge in [0.25, 0.3) is 0 Å². The molecule has 0 aliphatic heterocycles. The number of nitrogens with one attached hydrogen (secondary N) is 1. The molecule has 1 heterocycles. The number of amides is 1. The maximum absolute atomic E-state index is 13.3. The molecule has 0 radical (unpaired) electrons. The van der Waals surface area contributed by atoms with E-state index in [2.05, 4.69) is 15.3 Å². The molecule has 1 aliphatic rings. The molecular weight excluding hydrogens is 478 g/mol. The van der Waals surface area contributed by atoms with Crippen LogP contribution in [0.25, 0.3) is 0 Å². The zero-order chi connectivity index (χ0) is 25.1. The third kappa shape index (κ3) is 6.99. The molecule has 1 aromatic carbocycles. The van der Waals surface area contributed by atoms with E-state index in [0.29, 0.717) is 17.9 Å². The van der Waals surface area contributed by atoms with Gasteiger partial charge in [-0.2, -0.15) is 0 Å². The van der Waals surface area contributed by atoms with E-state index in [9.17, 15) is 18.0 Å². The van der Waals surface area contributed by atoms with Crippen LogP contribution in [0, 0.1) is 5.92 Å². The molecule has 1 N–H and O–H groups in total. The second-order valence-corrected chi connectivity index (χ2v) is 12.1. The summed E-state index contributed by atoms with van der Waals surface area (Å²) < 4.78 is 29.1. The number of rotatable bonds is 7. The molecule has 1 unspecified atom stereocenters. The fourth-order valence-electron chi connectivity index (χ4n) is 4.05. The first kappa shape index (κ1) is 26.1. The number of benzene rings is 1. The molecule has 1 amide bonds. The van der Waals surface area contributed by atoms with Crippen LogP contribution in [-0.2, 0) is 19.4 Å². The highest BCUT2D eigenvalue weighted by Gasteiger charge is 2.28. The van der Waals surface area contributed by atoms with Crippen LogP contribution < -0.4 is 5.32 Å². The molecule has 0 bridgehead atoms. The van der Waals surface area contributed by atoms with E-state index in [4.69, 9.17) is 16.3 Å². The van der Waals surface area contributed by atoms with Crippen molar-refractivity contribution >= 4 is 39.1 Å². The molecule has 0 spiro atoms. The van der Waals surface area contributed by atoms with Crippen molar-refractivity contribution < 1.29 is 22.7 Å².